The molecule has 23 heavy (non-hydrogen) atoms. The van der Waals surface area contributed by atoms with Crippen LogP contribution in [0.25, 0.3) is 0 Å². The van der Waals surface area contributed by atoms with Crippen molar-refractivity contribution < 1.29 is 9.84 Å². The third kappa shape index (κ3) is 9.10. The van der Waals surface area contributed by atoms with Gasteiger partial charge < -0.3 is 20.1 Å². The van der Waals surface area contributed by atoms with Gasteiger partial charge >= 0.3 is 0 Å². The van der Waals surface area contributed by atoms with Gasteiger partial charge in [-0.05, 0) is 39.0 Å². The van der Waals surface area contributed by atoms with Crippen LogP contribution in [0, 0.1) is 11.8 Å². The monoisotopic (exact) mass is 441 g/mol. The van der Waals surface area contributed by atoms with Gasteiger partial charge in [-0.3, -0.25) is 4.99 Å². The van der Waals surface area contributed by atoms with E-state index in [1.54, 1.807) is 0 Å². The highest BCUT2D eigenvalue weighted by Crippen LogP contribution is 2.17. The van der Waals surface area contributed by atoms with Crippen molar-refractivity contribution in [2.75, 3.05) is 46.0 Å². The van der Waals surface area contributed by atoms with Gasteiger partial charge in [0.25, 0.3) is 0 Å². The third-order valence-electron chi connectivity index (χ3n) is 4.21. The largest absolute Gasteiger partial charge is 0.396 e. The molecule has 5 nitrogen and oxygen atoms in total. The Labute approximate surface area is 159 Å². The third-order valence-corrected chi connectivity index (χ3v) is 4.21. The van der Waals surface area contributed by atoms with Crippen molar-refractivity contribution in [1.29, 1.82) is 0 Å². The van der Waals surface area contributed by atoms with Gasteiger partial charge in [0, 0.05) is 45.3 Å². The normalized spacial score (nSPS) is 19.6. The Morgan fingerprint density at radius 2 is 2.13 bits per heavy atom. The van der Waals surface area contributed by atoms with Crippen molar-refractivity contribution in [3.05, 3.63) is 0 Å². The van der Waals surface area contributed by atoms with E-state index >= 15 is 0 Å². The van der Waals surface area contributed by atoms with Crippen LogP contribution >= 0.6 is 24.0 Å². The Hall–Kier alpha value is -0.0800. The van der Waals surface area contributed by atoms with E-state index in [0.29, 0.717) is 11.8 Å². The fourth-order valence-electron chi connectivity index (χ4n) is 3.00. The summed E-state index contributed by atoms with van der Waals surface area (Å²) in [7, 11) is 0. The lowest BCUT2D eigenvalue weighted by Crippen LogP contribution is -2.40. The molecule has 1 aliphatic rings. The predicted molar refractivity (Wildman–Crippen MR) is 108 cm³/mol. The number of aliphatic hydroxyl groups is 1. The van der Waals surface area contributed by atoms with E-state index in [4.69, 9.17) is 9.73 Å². The van der Waals surface area contributed by atoms with Crippen LogP contribution in [0.1, 0.15) is 46.5 Å². The van der Waals surface area contributed by atoms with Crippen molar-refractivity contribution in [2.24, 2.45) is 16.8 Å². The van der Waals surface area contributed by atoms with E-state index in [1.807, 2.05) is 6.92 Å². The number of rotatable bonds is 10. The first kappa shape index (κ1) is 22.9. The molecule has 2 unspecified atom stereocenters. The van der Waals surface area contributed by atoms with Crippen LogP contribution in [0.2, 0.25) is 0 Å². The van der Waals surface area contributed by atoms with Crippen molar-refractivity contribution in [3.63, 3.8) is 0 Å². The van der Waals surface area contributed by atoms with Gasteiger partial charge in [-0.25, -0.2) is 0 Å². The van der Waals surface area contributed by atoms with Crippen LogP contribution in [0.4, 0.5) is 0 Å². The highest BCUT2D eigenvalue weighted by atomic mass is 127. The zero-order valence-electron chi connectivity index (χ0n) is 15.1. The SMILES string of the molecule is CCCC(CCO)CN=C(NCC)N1CCC(COCC)C1.I. The standard InChI is InChI=1S/C17H35N3O2.HI/c1-4-7-15(9-11-21)12-19-17(18-5-2)20-10-8-16(13-20)14-22-6-3;/h15-16,21H,4-14H2,1-3H3,(H,18,19);1H. The molecule has 0 bridgehead atoms. The van der Waals surface area contributed by atoms with Crippen LogP contribution in [-0.4, -0.2) is 62.0 Å². The highest BCUT2D eigenvalue weighted by Gasteiger charge is 2.25. The minimum Gasteiger partial charge on any atom is -0.396 e. The van der Waals surface area contributed by atoms with Crippen molar-refractivity contribution in [1.82, 2.24) is 10.2 Å². The Kier molecular flexibility index (Phi) is 14.2. The maximum atomic E-state index is 9.17. The second-order valence-electron chi connectivity index (χ2n) is 6.12. The minimum atomic E-state index is 0. The maximum absolute atomic E-state index is 9.17. The molecule has 0 aliphatic carbocycles. The number of aliphatic hydroxyl groups excluding tert-OH is 1. The first-order valence-electron chi connectivity index (χ1n) is 8.96. The van der Waals surface area contributed by atoms with Crippen LogP contribution in [0.15, 0.2) is 4.99 Å². The molecule has 1 aliphatic heterocycles. The number of guanidine groups is 1. The molecule has 0 saturated carbocycles. The molecular weight excluding hydrogens is 405 g/mol. The highest BCUT2D eigenvalue weighted by molar-refractivity contribution is 14.0. The molecule has 0 aromatic carbocycles. The van der Waals surface area contributed by atoms with Crippen LogP contribution in [0.3, 0.4) is 0 Å². The molecule has 0 radical (unpaired) electrons. The molecular formula is C17H36IN3O2. The van der Waals surface area contributed by atoms with E-state index < -0.39 is 0 Å². The summed E-state index contributed by atoms with van der Waals surface area (Å²) in [6.45, 7) is 12.1. The summed E-state index contributed by atoms with van der Waals surface area (Å²) in [6.07, 6.45) is 4.32. The molecule has 2 atom stereocenters. The van der Waals surface area contributed by atoms with Crippen molar-refractivity contribution in [2.45, 2.75) is 46.5 Å². The molecule has 0 amide bonds. The lowest BCUT2D eigenvalue weighted by Gasteiger charge is -2.23. The Balaban J connectivity index is 0.00000484. The molecule has 6 heteroatoms. The minimum absolute atomic E-state index is 0. The summed E-state index contributed by atoms with van der Waals surface area (Å²) in [5.74, 6) is 2.14. The zero-order chi connectivity index (χ0) is 16.2. The van der Waals surface area contributed by atoms with Gasteiger partial charge in [0.1, 0.15) is 0 Å². The first-order chi connectivity index (χ1) is 10.7. The smallest absolute Gasteiger partial charge is 0.193 e. The van der Waals surface area contributed by atoms with Crippen molar-refractivity contribution in [3.8, 4) is 0 Å². The number of aliphatic imine (C=N–C) groups is 1. The summed E-state index contributed by atoms with van der Waals surface area (Å²) in [5.41, 5.74) is 0. The summed E-state index contributed by atoms with van der Waals surface area (Å²) in [4.78, 5) is 7.18. The first-order valence-corrected chi connectivity index (χ1v) is 8.96. The lowest BCUT2D eigenvalue weighted by molar-refractivity contribution is 0.114. The fourth-order valence-corrected chi connectivity index (χ4v) is 3.00. The molecule has 1 saturated heterocycles. The molecule has 2 N–H and O–H groups in total. The van der Waals surface area contributed by atoms with E-state index in [1.165, 1.54) is 6.42 Å². The number of ether oxygens (including phenoxy) is 1. The number of nitrogens with one attached hydrogen (secondary N) is 1. The fraction of sp³-hybridized carbons (Fsp3) is 0.941. The Bertz CT molecular complexity index is 310. The number of hydrogen-bond donors (Lipinski definition) is 2. The Morgan fingerprint density at radius 1 is 1.35 bits per heavy atom. The van der Waals surface area contributed by atoms with Gasteiger partial charge in [-0.2, -0.15) is 0 Å². The van der Waals surface area contributed by atoms with Crippen molar-refractivity contribution >= 4 is 29.9 Å². The lowest BCUT2D eigenvalue weighted by atomic mass is 10.0. The second kappa shape index (κ2) is 14.3. The molecule has 0 aromatic heterocycles. The quantitative estimate of drug-likeness (QED) is 0.311. The molecule has 0 aromatic rings. The molecule has 1 rings (SSSR count). The summed E-state index contributed by atoms with van der Waals surface area (Å²) in [5, 5.41) is 12.6. The molecule has 0 spiro atoms. The molecule has 1 heterocycles. The second-order valence-corrected chi connectivity index (χ2v) is 6.12. The molecule has 1 fully saturated rings. The topological polar surface area (TPSA) is 57.1 Å². The van der Waals surface area contributed by atoms with Gasteiger partial charge in [0.15, 0.2) is 5.96 Å². The maximum Gasteiger partial charge on any atom is 0.193 e. The van der Waals surface area contributed by atoms with Gasteiger partial charge in [-0.1, -0.05) is 13.3 Å². The van der Waals surface area contributed by atoms with E-state index in [0.717, 1.165) is 64.6 Å². The number of likely N-dealkylation sites (tertiary alicyclic amines) is 1. The van der Waals surface area contributed by atoms with E-state index in [9.17, 15) is 5.11 Å². The summed E-state index contributed by atoms with van der Waals surface area (Å²) in [6, 6.07) is 0. The average molecular weight is 441 g/mol. The number of nitrogens with zero attached hydrogens (tertiary/aromatic N) is 2. The van der Waals surface area contributed by atoms with Gasteiger partial charge in [0.05, 0.1) is 6.61 Å². The van der Waals surface area contributed by atoms with Gasteiger partial charge in [-0.15, -0.1) is 24.0 Å². The zero-order valence-corrected chi connectivity index (χ0v) is 17.4. The van der Waals surface area contributed by atoms with Crippen LogP contribution in [0.5, 0.6) is 0 Å². The Morgan fingerprint density at radius 3 is 2.74 bits per heavy atom. The van der Waals surface area contributed by atoms with Gasteiger partial charge in [0.2, 0.25) is 0 Å². The summed E-state index contributed by atoms with van der Waals surface area (Å²) < 4.78 is 5.55. The average Bonchev–Trinajstić information content (AvgIpc) is 2.98. The van der Waals surface area contributed by atoms with E-state index in [2.05, 4.69) is 24.1 Å². The number of hydrogen-bond acceptors (Lipinski definition) is 3. The summed E-state index contributed by atoms with van der Waals surface area (Å²) >= 11 is 0. The number of halogens is 1. The predicted octanol–water partition coefficient (Wildman–Crippen LogP) is 2.73. The van der Waals surface area contributed by atoms with Crippen LogP contribution in [-0.2, 0) is 4.74 Å². The van der Waals surface area contributed by atoms with Crippen LogP contribution < -0.4 is 5.32 Å². The van der Waals surface area contributed by atoms with E-state index in [-0.39, 0.29) is 30.6 Å². The molecule has 138 valence electrons.